The van der Waals surface area contributed by atoms with Crippen LogP contribution in [-0.4, -0.2) is 48.1 Å². The van der Waals surface area contributed by atoms with Gasteiger partial charge in [0.15, 0.2) is 0 Å². The van der Waals surface area contributed by atoms with E-state index < -0.39 is 5.97 Å². The van der Waals surface area contributed by atoms with E-state index in [2.05, 4.69) is 10.2 Å². The van der Waals surface area contributed by atoms with Crippen molar-refractivity contribution in [3.05, 3.63) is 22.4 Å². The van der Waals surface area contributed by atoms with Gasteiger partial charge >= 0.3 is 5.97 Å². The van der Waals surface area contributed by atoms with Gasteiger partial charge in [-0.1, -0.05) is 6.07 Å². The molecule has 1 aliphatic rings. The summed E-state index contributed by atoms with van der Waals surface area (Å²) in [5.41, 5.74) is 0. The Balaban J connectivity index is 1.76. The number of carbonyl (C=O) groups is 2. The Morgan fingerprint density at radius 3 is 2.71 bits per heavy atom. The first kappa shape index (κ1) is 16.0. The number of nitrogens with zero attached hydrogens (tertiary/aromatic N) is 1. The largest absolute Gasteiger partial charge is 0.481 e. The predicted octanol–water partition coefficient (Wildman–Crippen LogP) is 1.91. The number of nitrogens with one attached hydrogen (secondary N) is 1. The maximum atomic E-state index is 12.0. The van der Waals surface area contributed by atoms with E-state index in [0.717, 1.165) is 24.5 Å². The number of carboxylic acid groups (broad SMARTS) is 1. The second-order valence-electron chi connectivity index (χ2n) is 5.41. The van der Waals surface area contributed by atoms with Gasteiger partial charge in [-0.3, -0.25) is 9.59 Å². The lowest BCUT2D eigenvalue weighted by molar-refractivity contribution is -0.137. The van der Waals surface area contributed by atoms with Crippen molar-refractivity contribution < 1.29 is 14.7 Å². The Hall–Kier alpha value is -1.40. The van der Waals surface area contributed by atoms with Crippen LogP contribution in [0.25, 0.3) is 0 Å². The van der Waals surface area contributed by atoms with Gasteiger partial charge in [-0.2, -0.15) is 0 Å². The van der Waals surface area contributed by atoms with Crippen LogP contribution in [0, 0.1) is 0 Å². The molecule has 0 saturated carbocycles. The maximum Gasteiger partial charge on any atom is 0.304 e. The van der Waals surface area contributed by atoms with Crippen LogP contribution in [0.4, 0.5) is 0 Å². The highest BCUT2D eigenvalue weighted by atomic mass is 32.1. The second kappa shape index (κ2) is 8.14. The molecule has 1 aromatic rings. The number of amides is 1. The summed E-state index contributed by atoms with van der Waals surface area (Å²) >= 11 is 1.51. The third-order valence-electron chi connectivity index (χ3n) is 3.75. The number of aliphatic carboxylic acids is 1. The van der Waals surface area contributed by atoms with Crippen molar-refractivity contribution in [2.24, 2.45) is 0 Å². The molecule has 2 heterocycles. The van der Waals surface area contributed by atoms with E-state index >= 15 is 0 Å². The zero-order chi connectivity index (χ0) is 15.1. The van der Waals surface area contributed by atoms with Gasteiger partial charge < -0.3 is 15.3 Å². The minimum absolute atomic E-state index is 0.0000579. The smallest absolute Gasteiger partial charge is 0.304 e. The molecule has 116 valence electrons. The highest BCUT2D eigenvalue weighted by molar-refractivity contribution is 7.10. The number of hydrogen-bond donors (Lipinski definition) is 2. The van der Waals surface area contributed by atoms with Crippen LogP contribution in [0.1, 0.15) is 36.5 Å². The minimum atomic E-state index is -0.863. The molecule has 1 aromatic heterocycles. The first-order chi connectivity index (χ1) is 10.1. The van der Waals surface area contributed by atoms with Crippen LogP contribution >= 0.6 is 11.3 Å². The zero-order valence-electron chi connectivity index (χ0n) is 12.1. The van der Waals surface area contributed by atoms with Crippen molar-refractivity contribution in [2.75, 3.05) is 26.2 Å². The molecule has 1 fully saturated rings. The summed E-state index contributed by atoms with van der Waals surface area (Å²) < 4.78 is 0. The first-order valence-electron chi connectivity index (χ1n) is 7.39. The van der Waals surface area contributed by atoms with Gasteiger partial charge in [0.25, 0.3) is 0 Å². The van der Waals surface area contributed by atoms with Gasteiger partial charge in [-0.25, -0.2) is 0 Å². The van der Waals surface area contributed by atoms with Crippen molar-refractivity contribution in [2.45, 2.75) is 31.6 Å². The van der Waals surface area contributed by atoms with Crippen molar-refractivity contribution >= 4 is 23.2 Å². The van der Waals surface area contributed by atoms with Crippen LogP contribution in [0.5, 0.6) is 0 Å². The van der Waals surface area contributed by atoms with Gasteiger partial charge in [0.1, 0.15) is 0 Å². The van der Waals surface area contributed by atoms with E-state index in [1.807, 2.05) is 17.5 Å². The average molecular weight is 310 g/mol. The van der Waals surface area contributed by atoms with Gasteiger partial charge in [-0.15, -0.1) is 11.3 Å². The van der Waals surface area contributed by atoms with Gasteiger partial charge in [0.05, 0.1) is 6.42 Å². The Bertz CT molecular complexity index is 455. The van der Waals surface area contributed by atoms with Crippen LogP contribution in [-0.2, 0) is 9.59 Å². The molecule has 21 heavy (non-hydrogen) atoms. The molecule has 0 spiro atoms. The summed E-state index contributed by atoms with van der Waals surface area (Å²) in [5.74, 6) is -1.15. The fraction of sp³-hybridized carbons (Fsp3) is 0.600. The lowest BCUT2D eigenvalue weighted by Gasteiger charge is -2.16. The number of carbonyl (C=O) groups excluding carboxylic acids is 1. The molecule has 0 aliphatic carbocycles. The number of thiophene rings is 1. The van der Waals surface area contributed by atoms with Crippen LogP contribution in [0.15, 0.2) is 17.5 Å². The highest BCUT2D eigenvalue weighted by Crippen LogP contribution is 2.27. The lowest BCUT2D eigenvalue weighted by Crippen LogP contribution is -2.34. The Labute approximate surface area is 129 Å². The van der Waals surface area contributed by atoms with Crippen LogP contribution in [0.3, 0.4) is 0 Å². The topological polar surface area (TPSA) is 69.6 Å². The van der Waals surface area contributed by atoms with E-state index in [9.17, 15) is 9.59 Å². The summed E-state index contributed by atoms with van der Waals surface area (Å²) in [5, 5.41) is 13.8. The third kappa shape index (κ3) is 5.47. The molecule has 2 rings (SSSR count). The minimum Gasteiger partial charge on any atom is -0.481 e. The summed E-state index contributed by atoms with van der Waals surface area (Å²) in [6, 6.07) is 3.79. The fourth-order valence-electron chi connectivity index (χ4n) is 2.66. The molecule has 5 nitrogen and oxygen atoms in total. The molecule has 1 saturated heterocycles. The Kier molecular flexibility index (Phi) is 6.20. The lowest BCUT2D eigenvalue weighted by atomic mass is 9.99. The van der Waals surface area contributed by atoms with Crippen molar-refractivity contribution in [3.8, 4) is 0 Å². The number of likely N-dealkylation sites (tertiary alicyclic amines) is 1. The van der Waals surface area contributed by atoms with Gasteiger partial charge in [0, 0.05) is 30.3 Å². The summed E-state index contributed by atoms with van der Waals surface area (Å²) in [6.07, 6.45) is 2.73. The Morgan fingerprint density at radius 2 is 2.10 bits per heavy atom. The standard InChI is InChI=1S/C15H22N2O3S/c18-14(16-5-8-17-6-1-2-7-17)10-12(11-15(19)20)13-4-3-9-21-13/h3-4,9,12H,1-2,5-8,10-11H2,(H,16,18)(H,19,20). The van der Waals surface area contributed by atoms with Crippen LogP contribution < -0.4 is 5.32 Å². The highest BCUT2D eigenvalue weighted by Gasteiger charge is 2.20. The SMILES string of the molecule is O=C(O)CC(CC(=O)NCCN1CCCC1)c1cccs1. The van der Waals surface area contributed by atoms with E-state index in [0.29, 0.717) is 6.54 Å². The Morgan fingerprint density at radius 1 is 1.33 bits per heavy atom. The number of hydrogen-bond acceptors (Lipinski definition) is 4. The molecule has 0 radical (unpaired) electrons. The van der Waals surface area contributed by atoms with Crippen molar-refractivity contribution in [1.82, 2.24) is 10.2 Å². The van der Waals surface area contributed by atoms with Crippen molar-refractivity contribution in [1.29, 1.82) is 0 Å². The normalized spacial score (nSPS) is 16.8. The summed E-state index contributed by atoms with van der Waals surface area (Å²) in [7, 11) is 0. The molecule has 0 bridgehead atoms. The molecular weight excluding hydrogens is 288 g/mol. The van der Waals surface area contributed by atoms with Gasteiger partial charge in [0.2, 0.25) is 5.91 Å². The molecular formula is C15H22N2O3S. The van der Waals surface area contributed by atoms with Gasteiger partial charge in [-0.05, 0) is 37.4 Å². The van der Waals surface area contributed by atoms with E-state index in [-0.39, 0.29) is 24.7 Å². The van der Waals surface area contributed by atoms with Crippen molar-refractivity contribution in [3.63, 3.8) is 0 Å². The average Bonchev–Trinajstić information content (AvgIpc) is 3.10. The monoisotopic (exact) mass is 310 g/mol. The number of carboxylic acids is 1. The quantitative estimate of drug-likeness (QED) is 0.769. The molecule has 1 aliphatic heterocycles. The van der Waals surface area contributed by atoms with E-state index in [1.165, 1.54) is 24.2 Å². The van der Waals surface area contributed by atoms with E-state index in [1.54, 1.807) is 0 Å². The second-order valence-corrected chi connectivity index (χ2v) is 6.39. The molecule has 0 aromatic carbocycles. The molecule has 1 amide bonds. The van der Waals surface area contributed by atoms with Crippen LogP contribution in [0.2, 0.25) is 0 Å². The molecule has 6 heteroatoms. The number of rotatable bonds is 8. The fourth-order valence-corrected chi connectivity index (χ4v) is 3.49. The molecule has 1 atom stereocenters. The summed E-state index contributed by atoms with van der Waals surface area (Å²) in [4.78, 5) is 26.2. The molecule has 2 N–H and O–H groups in total. The zero-order valence-corrected chi connectivity index (χ0v) is 12.9. The first-order valence-corrected chi connectivity index (χ1v) is 8.27. The summed E-state index contributed by atoms with van der Waals surface area (Å²) in [6.45, 7) is 3.76. The maximum absolute atomic E-state index is 12.0. The van der Waals surface area contributed by atoms with E-state index in [4.69, 9.17) is 5.11 Å². The predicted molar refractivity (Wildman–Crippen MR) is 82.6 cm³/mol. The molecule has 1 unspecified atom stereocenters. The third-order valence-corrected chi connectivity index (χ3v) is 4.78.